The Morgan fingerprint density at radius 2 is 1.32 bits per heavy atom. The Morgan fingerprint density at radius 3 is 1.85 bits per heavy atom. The first-order valence-corrected chi connectivity index (χ1v) is 14.0. The Morgan fingerprint density at radius 1 is 0.794 bits per heavy atom. The first kappa shape index (κ1) is 33.0. The van der Waals surface area contributed by atoms with E-state index in [4.69, 9.17) is 19.1 Å². The standard InChI is InChI=1S/C23H45O10P/c1-3-5-6-7-8-9-10-11-12-13-14-15-23(27)33-21(18-30-22(26)4-2)19-32-34(28,29)31-17-20(25)16-24/h20-21,24-25H,3-19H2,1-2H3,(H,28,29)/t20-,21+/m0/s1. The first-order valence-electron chi connectivity index (χ1n) is 12.5. The van der Waals surface area contributed by atoms with Gasteiger partial charge < -0.3 is 24.6 Å². The maximum atomic E-state index is 12.2. The van der Waals surface area contributed by atoms with Crippen LogP contribution in [-0.4, -0.2) is 65.7 Å². The number of rotatable bonds is 23. The molecule has 0 saturated carbocycles. The molecule has 3 N–H and O–H groups in total. The molecule has 0 bridgehead atoms. The van der Waals surface area contributed by atoms with Crippen molar-refractivity contribution in [3.63, 3.8) is 0 Å². The van der Waals surface area contributed by atoms with Crippen LogP contribution in [0.25, 0.3) is 0 Å². The zero-order valence-corrected chi connectivity index (χ0v) is 21.7. The number of carbonyl (C=O) groups is 2. The molecule has 1 unspecified atom stereocenters. The normalized spacial score (nSPS) is 14.9. The van der Waals surface area contributed by atoms with E-state index in [1.807, 2.05) is 0 Å². The van der Waals surface area contributed by atoms with Crippen LogP contribution in [0.5, 0.6) is 0 Å². The Labute approximate surface area is 203 Å². The van der Waals surface area contributed by atoms with Gasteiger partial charge in [0.05, 0.1) is 19.8 Å². The summed E-state index contributed by atoms with van der Waals surface area (Å²) in [6.07, 6.45) is 10.6. The molecule has 0 spiro atoms. The van der Waals surface area contributed by atoms with E-state index in [0.717, 1.165) is 19.3 Å². The van der Waals surface area contributed by atoms with Gasteiger partial charge >= 0.3 is 19.8 Å². The van der Waals surface area contributed by atoms with E-state index in [-0.39, 0.29) is 19.4 Å². The third kappa shape index (κ3) is 20.4. The topological polar surface area (TPSA) is 149 Å². The van der Waals surface area contributed by atoms with E-state index in [1.54, 1.807) is 6.92 Å². The van der Waals surface area contributed by atoms with Crippen LogP contribution < -0.4 is 0 Å². The van der Waals surface area contributed by atoms with E-state index in [9.17, 15) is 24.2 Å². The second-order valence-electron chi connectivity index (χ2n) is 8.33. The fourth-order valence-corrected chi connectivity index (χ4v) is 3.82. The maximum Gasteiger partial charge on any atom is 0.472 e. The van der Waals surface area contributed by atoms with Gasteiger partial charge in [-0.2, -0.15) is 0 Å². The molecule has 0 aromatic carbocycles. The van der Waals surface area contributed by atoms with E-state index in [0.29, 0.717) is 6.42 Å². The van der Waals surface area contributed by atoms with E-state index in [2.05, 4.69) is 11.4 Å². The number of hydrogen-bond acceptors (Lipinski definition) is 9. The number of ether oxygens (including phenoxy) is 2. The van der Waals surface area contributed by atoms with Crippen molar-refractivity contribution in [1.82, 2.24) is 0 Å². The molecule has 202 valence electrons. The second-order valence-corrected chi connectivity index (χ2v) is 9.78. The minimum atomic E-state index is -4.56. The number of aliphatic hydroxyl groups excluding tert-OH is 2. The monoisotopic (exact) mass is 512 g/mol. The zero-order valence-electron chi connectivity index (χ0n) is 20.8. The highest BCUT2D eigenvalue weighted by atomic mass is 31.2. The molecule has 34 heavy (non-hydrogen) atoms. The predicted molar refractivity (Wildman–Crippen MR) is 127 cm³/mol. The van der Waals surface area contributed by atoms with Gasteiger partial charge in [-0.05, 0) is 6.42 Å². The lowest BCUT2D eigenvalue weighted by molar-refractivity contribution is -0.161. The summed E-state index contributed by atoms with van der Waals surface area (Å²) in [5.41, 5.74) is 0. The van der Waals surface area contributed by atoms with Crippen molar-refractivity contribution in [1.29, 1.82) is 0 Å². The molecule has 3 atom stereocenters. The molecule has 0 saturated heterocycles. The number of phosphoric acid groups is 1. The lowest BCUT2D eigenvalue weighted by atomic mass is 10.1. The molecule has 0 radical (unpaired) electrons. The van der Waals surface area contributed by atoms with Gasteiger partial charge in [-0.3, -0.25) is 18.6 Å². The fourth-order valence-electron chi connectivity index (χ4n) is 3.03. The fraction of sp³-hybridized carbons (Fsp3) is 0.913. The molecule has 0 aliphatic heterocycles. The Kier molecular flexibility index (Phi) is 20.6. The van der Waals surface area contributed by atoms with Crippen LogP contribution in [-0.2, 0) is 32.7 Å². The van der Waals surface area contributed by atoms with Crippen LogP contribution >= 0.6 is 7.82 Å². The van der Waals surface area contributed by atoms with Gasteiger partial charge in [0.1, 0.15) is 12.7 Å². The van der Waals surface area contributed by atoms with Crippen LogP contribution in [0.3, 0.4) is 0 Å². The van der Waals surface area contributed by atoms with Crippen molar-refractivity contribution in [2.24, 2.45) is 0 Å². The minimum Gasteiger partial charge on any atom is -0.462 e. The van der Waals surface area contributed by atoms with Crippen molar-refractivity contribution in [3.8, 4) is 0 Å². The van der Waals surface area contributed by atoms with Crippen molar-refractivity contribution in [2.75, 3.05) is 26.4 Å². The highest BCUT2D eigenvalue weighted by molar-refractivity contribution is 7.47. The number of carbonyl (C=O) groups excluding carboxylic acids is 2. The minimum absolute atomic E-state index is 0.126. The van der Waals surface area contributed by atoms with Gasteiger partial charge in [0.2, 0.25) is 0 Å². The summed E-state index contributed by atoms with van der Waals surface area (Å²) >= 11 is 0. The summed E-state index contributed by atoms with van der Waals surface area (Å²) in [5, 5.41) is 17.9. The number of aliphatic hydroxyl groups is 2. The highest BCUT2D eigenvalue weighted by Crippen LogP contribution is 2.43. The van der Waals surface area contributed by atoms with Gasteiger partial charge in [0, 0.05) is 12.8 Å². The summed E-state index contributed by atoms with van der Waals surface area (Å²) in [5.74, 6) is -1.03. The highest BCUT2D eigenvalue weighted by Gasteiger charge is 2.26. The van der Waals surface area contributed by atoms with Gasteiger partial charge in [0.25, 0.3) is 0 Å². The molecule has 0 aliphatic rings. The SMILES string of the molecule is CCCCCCCCCCCCCC(=O)O[C@H](COC(=O)CC)COP(=O)(O)OC[C@@H](O)CO. The van der Waals surface area contributed by atoms with Crippen LogP contribution in [0.4, 0.5) is 0 Å². The molecule has 0 heterocycles. The largest absolute Gasteiger partial charge is 0.472 e. The Hall–Kier alpha value is -1.03. The van der Waals surface area contributed by atoms with Gasteiger partial charge in [-0.25, -0.2) is 4.57 Å². The van der Waals surface area contributed by atoms with Crippen LogP contribution in [0, 0.1) is 0 Å². The number of unbranched alkanes of at least 4 members (excludes halogenated alkanes) is 10. The molecule has 0 aromatic rings. The summed E-state index contributed by atoms with van der Waals surface area (Å²) in [6, 6.07) is 0. The average Bonchev–Trinajstić information content (AvgIpc) is 2.82. The van der Waals surface area contributed by atoms with E-state index in [1.165, 1.54) is 44.9 Å². The molecule has 10 nitrogen and oxygen atoms in total. The summed E-state index contributed by atoms with van der Waals surface area (Å²) in [6.45, 7) is 1.70. The lowest BCUT2D eigenvalue weighted by Gasteiger charge is -2.20. The summed E-state index contributed by atoms with van der Waals surface area (Å²) in [4.78, 5) is 33.2. The molecular weight excluding hydrogens is 467 g/mol. The van der Waals surface area contributed by atoms with Crippen LogP contribution in [0.1, 0.15) is 97.3 Å². The molecule has 0 aliphatic carbocycles. The molecule has 0 rings (SSSR count). The predicted octanol–water partition coefficient (Wildman–Crippen LogP) is 4.04. The van der Waals surface area contributed by atoms with Crippen LogP contribution in [0.2, 0.25) is 0 Å². The third-order valence-corrected chi connectivity index (χ3v) is 6.02. The van der Waals surface area contributed by atoms with Crippen molar-refractivity contribution >= 4 is 19.8 Å². The summed E-state index contributed by atoms with van der Waals surface area (Å²) in [7, 11) is -4.56. The number of phosphoric ester groups is 1. The van der Waals surface area contributed by atoms with Crippen molar-refractivity contribution in [3.05, 3.63) is 0 Å². The third-order valence-electron chi connectivity index (χ3n) is 5.07. The molecule has 11 heteroatoms. The molecule has 0 fully saturated rings. The number of esters is 2. The molecule has 0 amide bonds. The van der Waals surface area contributed by atoms with E-state index >= 15 is 0 Å². The van der Waals surface area contributed by atoms with Crippen molar-refractivity contribution < 1.29 is 47.8 Å². The van der Waals surface area contributed by atoms with Gasteiger partial charge in [-0.15, -0.1) is 0 Å². The van der Waals surface area contributed by atoms with E-state index < -0.39 is 51.8 Å². The zero-order chi connectivity index (χ0) is 25.7. The maximum absolute atomic E-state index is 12.2. The number of hydrogen-bond donors (Lipinski definition) is 3. The first-order chi connectivity index (χ1) is 16.2. The van der Waals surface area contributed by atoms with Crippen molar-refractivity contribution in [2.45, 2.75) is 110 Å². The second kappa shape index (κ2) is 21.3. The molecule has 0 aromatic heterocycles. The Bertz CT molecular complexity index is 572. The smallest absolute Gasteiger partial charge is 0.462 e. The van der Waals surface area contributed by atoms with Crippen LogP contribution in [0.15, 0.2) is 0 Å². The lowest BCUT2D eigenvalue weighted by Crippen LogP contribution is -2.29. The quantitative estimate of drug-likeness (QED) is 0.104. The summed E-state index contributed by atoms with van der Waals surface area (Å²) < 4.78 is 31.5. The Balaban J connectivity index is 4.23. The van der Waals surface area contributed by atoms with Gasteiger partial charge in [0.15, 0.2) is 6.10 Å². The average molecular weight is 513 g/mol. The molecular formula is C23H45O10P. The van der Waals surface area contributed by atoms with Gasteiger partial charge in [-0.1, -0.05) is 78.1 Å².